The number of hydrogen-bond acceptors (Lipinski definition) is 3. The van der Waals surface area contributed by atoms with Gasteiger partial charge >= 0.3 is 0 Å². The van der Waals surface area contributed by atoms with Gasteiger partial charge in [-0.15, -0.1) is 11.3 Å². The predicted molar refractivity (Wildman–Crippen MR) is 63.7 cm³/mol. The van der Waals surface area contributed by atoms with Crippen molar-refractivity contribution in [3.05, 3.63) is 23.5 Å². The highest BCUT2D eigenvalue weighted by molar-refractivity contribution is 7.15. The Morgan fingerprint density at radius 3 is 3.19 bits per heavy atom. The Morgan fingerprint density at radius 2 is 2.50 bits per heavy atom. The van der Waals surface area contributed by atoms with Gasteiger partial charge in [-0.3, -0.25) is 9.20 Å². The summed E-state index contributed by atoms with van der Waals surface area (Å²) in [6.07, 6.45) is 7.51. The fourth-order valence-electron chi connectivity index (χ4n) is 2.54. The van der Waals surface area contributed by atoms with Crippen molar-refractivity contribution in [3.8, 4) is 0 Å². The van der Waals surface area contributed by atoms with Crippen LogP contribution in [0.3, 0.4) is 0 Å². The average molecular weight is 234 g/mol. The molecule has 0 aromatic carbocycles. The van der Waals surface area contributed by atoms with Crippen LogP contribution in [-0.2, 0) is 11.2 Å². The average Bonchev–Trinajstić information content (AvgIpc) is 2.81. The molecule has 0 spiro atoms. The van der Waals surface area contributed by atoms with Gasteiger partial charge in [0, 0.05) is 30.6 Å². The number of thiazole rings is 1. The first kappa shape index (κ1) is 10.0. The maximum atomic E-state index is 11.3. The number of imidazole rings is 1. The van der Waals surface area contributed by atoms with Crippen LogP contribution in [0.4, 0.5) is 0 Å². The number of carbonyl (C=O) groups is 1. The monoisotopic (exact) mass is 234 g/mol. The highest BCUT2D eigenvalue weighted by atomic mass is 32.1. The Hall–Kier alpha value is -1.16. The molecule has 16 heavy (non-hydrogen) atoms. The molecule has 0 bridgehead atoms. The molecular weight excluding hydrogens is 220 g/mol. The van der Waals surface area contributed by atoms with E-state index in [9.17, 15) is 4.79 Å². The normalized spacial score (nSPS) is 25.7. The summed E-state index contributed by atoms with van der Waals surface area (Å²) in [6.45, 7) is 2.20. The van der Waals surface area contributed by atoms with Crippen LogP contribution in [0, 0.1) is 5.41 Å². The number of ketones is 1. The van der Waals surface area contributed by atoms with Crippen molar-refractivity contribution in [2.75, 3.05) is 0 Å². The van der Waals surface area contributed by atoms with Crippen LogP contribution in [0.2, 0.25) is 0 Å². The first-order valence-electron chi connectivity index (χ1n) is 5.57. The molecule has 2 heterocycles. The molecule has 3 rings (SSSR count). The van der Waals surface area contributed by atoms with Crippen LogP contribution < -0.4 is 0 Å². The van der Waals surface area contributed by atoms with E-state index < -0.39 is 0 Å². The van der Waals surface area contributed by atoms with Crippen molar-refractivity contribution in [1.82, 2.24) is 9.38 Å². The van der Waals surface area contributed by atoms with Gasteiger partial charge in [0.1, 0.15) is 5.78 Å². The summed E-state index contributed by atoms with van der Waals surface area (Å²) in [5.74, 6) is 0.406. The van der Waals surface area contributed by atoms with Gasteiger partial charge < -0.3 is 0 Å². The summed E-state index contributed by atoms with van der Waals surface area (Å²) < 4.78 is 2.06. The lowest BCUT2D eigenvalue weighted by molar-refractivity contribution is -0.117. The number of fused-ring (bicyclic) bond motifs is 1. The SMILES string of the molecule is CC1(Cc2cn3ccsc3n2)CCC(=O)C1. The zero-order valence-electron chi connectivity index (χ0n) is 9.27. The highest BCUT2D eigenvalue weighted by Crippen LogP contribution is 2.38. The van der Waals surface area contributed by atoms with Gasteiger partial charge in [0.05, 0.1) is 5.69 Å². The van der Waals surface area contributed by atoms with Crippen LogP contribution in [0.15, 0.2) is 17.8 Å². The third kappa shape index (κ3) is 1.67. The molecule has 1 fully saturated rings. The summed E-state index contributed by atoms with van der Waals surface area (Å²) >= 11 is 1.65. The van der Waals surface area contributed by atoms with Crippen molar-refractivity contribution in [2.45, 2.75) is 32.6 Å². The van der Waals surface area contributed by atoms with Crippen LogP contribution in [0.1, 0.15) is 31.9 Å². The number of aromatic nitrogens is 2. The Balaban J connectivity index is 1.84. The third-order valence-electron chi connectivity index (χ3n) is 3.38. The van der Waals surface area contributed by atoms with Crippen LogP contribution in [0.25, 0.3) is 4.96 Å². The van der Waals surface area contributed by atoms with Crippen LogP contribution >= 0.6 is 11.3 Å². The summed E-state index contributed by atoms with van der Waals surface area (Å²) in [5, 5.41) is 2.03. The van der Waals surface area contributed by atoms with Crippen molar-refractivity contribution in [2.24, 2.45) is 5.41 Å². The van der Waals surface area contributed by atoms with E-state index in [2.05, 4.69) is 22.5 Å². The molecule has 0 aliphatic heterocycles. The number of nitrogens with zero attached hydrogens (tertiary/aromatic N) is 2. The summed E-state index contributed by atoms with van der Waals surface area (Å²) in [6, 6.07) is 0. The van der Waals surface area contributed by atoms with E-state index in [0.29, 0.717) is 5.78 Å². The van der Waals surface area contributed by atoms with Crippen molar-refractivity contribution >= 4 is 22.1 Å². The number of hydrogen-bond donors (Lipinski definition) is 0. The molecule has 84 valence electrons. The van der Waals surface area contributed by atoms with Gasteiger partial charge in [-0.2, -0.15) is 0 Å². The Morgan fingerprint density at radius 1 is 1.62 bits per heavy atom. The largest absolute Gasteiger partial charge is 0.300 e. The molecule has 3 nitrogen and oxygen atoms in total. The van der Waals surface area contributed by atoms with Gasteiger partial charge in [-0.05, 0) is 18.3 Å². The van der Waals surface area contributed by atoms with E-state index in [4.69, 9.17) is 0 Å². The van der Waals surface area contributed by atoms with E-state index in [0.717, 1.165) is 36.3 Å². The molecule has 1 aliphatic carbocycles. The number of rotatable bonds is 2. The lowest BCUT2D eigenvalue weighted by atomic mass is 9.84. The van der Waals surface area contributed by atoms with Gasteiger partial charge in [-0.1, -0.05) is 6.92 Å². The minimum Gasteiger partial charge on any atom is -0.300 e. The molecular formula is C12H14N2OS. The van der Waals surface area contributed by atoms with E-state index in [-0.39, 0.29) is 5.41 Å². The third-order valence-corrected chi connectivity index (χ3v) is 4.15. The Labute approximate surface area is 98.1 Å². The molecule has 2 aromatic rings. The number of carbonyl (C=O) groups excluding carboxylic acids is 1. The summed E-state index contributed by atoms with van der Waals surface area (Å²) in [5.41, 5.74) is 1.25. The Bertz CT molecular complexity index is 513. The zero-order valence-corrected chi connectivity index (χ0v) is 10.1. The summed E-state index contributed by atoms with van der Waals surface area (Å²) in [7, 11) is 0. The first-order chi connectivity index (χ1) is 7.65. The van der Waals surface area contributed by atoms with Crippen molar-refractivity contribution in [1.29, 1.82) is 0 Å². The van der Waals surface area contributed by atoms with Crippen LogP contribution in [0.5, 0.6) is 0 Å². The second-order valence-corrected chi connectivity index (χ2v) is 5.90. The molecule has 0 N–H and O–H groups in total. The highest BCUT2D eigenvalue weighted by Gasteiger charge is 2.34. The molecule has 1 saturated carbocycles. The molecule has 1 atom stereocenters. The molecule has 0 saturated heterocycles. The smallest absolute Gasteiger partial charge is 0.193 e. The van der Waals surface area contributed by atoms with Gasteiger partial charge in [0.25, 0.3) is 0 Å². The molecule has 0 radical (unpaired) electrons. The quantitative estimate of drug-likeness (QED) is 0.800. The number of Topliss-reactive ketones (excluding diaryl/α,β-unsaturated/α-hetero) is 1. The van der Waals surface area contributed by atoms with E-state index in [1.54, 1.807) is 11.3 Å². The standard InChI is InChI=1S/C12H14N2OS/c1-12(3-2-10(15)7-12)6-9-8-14-4-5-16-11(14)13-9/h4-5,8H,2-3,6-7H2,1H3. The van der Waals surface area contributed by atoms with Gasteiger partial charge in [0.15, 0.2) is 4.96 Å². The summed E-state index contributed by atoms with van der Waals surface area (Å²) in [4.78, 5) is 17.0. The lowest BCUT2D eigenvalue weighted by Crippen LogP contribution is -2.15. The van der Waals surface area contributed by atoms with Crippen molar-refractivity contribution < 1.29 is 4.79 Å². The molecule has 0 amide bonds. The molecule has 4 heteroatoms. The minimum absolute atomic E-state index is 0.140. The topological polar surface area (TPSA) is 34.4 Å². The predicted octanol–water partition coefficient (Wildman–Crippen LogP) is 2.70. The van der Waals surface area contributed by atoms with Crippen LogP contribution in [-0.4, -0.2) is 15.2 Å². The minimum atomic E-state index is 0.140. The molecule has 1 unspecified atom stereocenters. The van der Waals surface area contributed by atoms with E-state index in [1.165, 1.54) is 0 Å². The van der Waals surface area contributed by atoms with E-state index in [1.807, 2.05) is 11.6 Å². The fourth-order valence-corrected chi connectivity index (χ4v) is 3.26. The molecule has 2 aromatic heterocycles. The van der Waals surface area contributed by atoms with E-state index >= 15 is 0 Å². The second kappa shape index (κ2) is 3.42. The second-order valence-electron chi connectivity index (χ2n) is 5.03. The fraction of sp³-hybridized carbons (Fsp3) is 0.500. The molecule has 1 aliphatic rings. The zero-order chi connectivity index (χ0) is 11.2. The van der Waals surface area contributed by atoms with Gasteiger partial charge in [0.2, 0.25) is 0 Å². The lowest BCUT2D eigenvalue weighted by Gasteiger charge is -2.20. The maximum absolute atomic E-state index is 11.3. The van der Waals surface area contributed by atoms with Gasteiger partial charge in [-0.25, -0.2) is 4.98 Å². The first-order valence-corrected chi connectivity index (χ1v) is 6.45. The maximum Gasteiger partial charge on any atom is 0.193 e. The van der Waals surface area contributed by atoms with Crippen molar-refractivity contribution in [3.63, 3.8) is 0 Å². The Kier molecular flexibility index (Phi) is 2.14.